The van der Waals surface area contributed by atoms with Crippen molar-refractivity contribution in [2.45, 2.75) is 32.7 Å². The summed E-state index contributed by atoms with van der Waals surface area (Å²) in [6, 6.07) is 14.5. The van der Waals surface area contributed by atoms with Crippen molar-refractivity contribution in [3.05, 3.63) is 64.7 Å². The highest BCUT2D eigenvalue weighted by atomic mass is 35.5. The Morgan fingerprint density at radius 3 is 2.74 bits per heavy atom. The number of hydrogen-bond acceptors (Lipinski definition) is 3. The number of rotatable bonds is 5. The largest absolute Gasteiger partial charge is 0.496 e. The van der Waals surface area contributed by atoms with Gasteiger partial charge in [-0.05, 0) is 37.5 Å². The Labute approximate surface area is 168 Å². The van der Waals surface area contributed by atoms with Gasteiger partial charge in [0.15, 0.2) is 0 Å². The summed E-state index contributed by atoms with van der Waals surface area (Å²) in [7, 11) is 1.68. The zero-order chi connectivity index (χ0) is 18.5. The zero-order valence-corrected chi connectivity index (χ0v) is 17.1. The van der Waals surface area contributed by atoms with Gasteiger partial charge in [-0.1, -0.05) is 42.0 Å². The van der Waals surface area contributed by atoms with Crippen LogP contribution in [0.25, 0.3) is 0 Å². The average Bonchev–Trinajstić information content (AvgIpc) is 2.67. The molecule has 0 spiro atoms. The molecule has 1 N–H and O–H groups in total. The molecule has 1 aliphatic heterocycles. The maximum absolute atomic E-state index is 13.0. The van der Waals surface area contributed by atoms with Crippen LogP contribution >= 0.6 is 12.4 Å². The van der Waals surface area contributed by atoms with E-state index >= 15 is 0 Å². The average molecular weight is 389 g/mol. The maximum Gasteiger partial charge on any atom is 0.223 e. The standard InChI is InChI=1S/C22H28N2O2.ClH/c1-16-8-9-18(17(2)14-16)10-11-22(25)24-13-12-23-15-20(24)19-6-4-5-7-21(19)26-3;/h4-9,14,20,23H,10-13,15H2,1-3H3;1H. The molecule has 1 atom stereocenters. The Morgan fingerprint density at radius 1 is 1.22 bits per heavy atom. The van der Waals surface area contributed by atoms with Crippen LogP contribution in [-0.2, 0) is 11.2 Å². The number of benzene rings is 2. The molecule has 1 unspecified atom stereocenters. The first-order valence-electron chi connectivity index (χ1n) is 9.29. The van der Waals surface area contributed by atoms with Crippen molar-refractivity contribution in [3.63, 3.8) is 0 Å². The maximum atomic E-state index is 13.0. The first kappa shape index (κ1) is 21.3. The molecule has 1 saturated heterocycles. The molecule has 0 radical (unpaired) electrons. The summed E-state index contributed by atoms with van der Waals surface area (Å²) in [5, 5.41) is 3.41. The van der Waals surface area contributed by atoms with Crippen LogP contribution in [0.5, 0.6) is 5.75 Å². The predicted octanol–water partition coefficient (Wildman–Crippen LogP) is 3.84. The number of nitrogens with zero attached hydrogens (tertiary/aromatic N) is 1. The topological polar surface area (TPSA) is 41.6 Å². The Bertz CT molecular complexity index is 779. The number of piperazine rings is 1. The summed E-state index contributed by atoms with van der Waals surface area (Å²) in [5.74, 6) is 1.05. The van der Waals surface area contributed by atoms with Crippen molar-refractivity contribution in [1.29, 1.82) is 0 Å². The van der Waals surface area contributed by atoms with E-state index < -0.39 is 0 Å². The molecule has 146 valence electrons. The number of hydrogen-bond donors (Lipinski definition) is 1. The fourth-order valence-corrected chi connectivity index (χ4v) is 3.73. The smallest absolute Gasteiger partial charge is 0.223 e. The van der Waals surface area contributed by atoms with Gasteiger partial charge in [0.25, 0.3) is 0 Å². The minimum absolute atomic E-state index is 0. The predicted molar refractivity (Wildman–Crippen MR) is 112 cm³/mol. The minimum Gasteiger partial charge on any atom is -0.496 e. The molecule has 2 aromatic rings. The molecule has 2 aromatic carbocycles. The lowest BCUT2D eigenvalue weighted by molar-refractivity contribution is -0.134. The Hall–Kier alpha value is -2.04. The van der Waals surface area contributed by atoms with Gasteiger partial charge >= 0.3 is 0 Å². The SMILES string of the molecule is COc1ccccc1C1CNCCN1C(=O)CCc1ccc(C)cc1C.Cl. The lowest BCUT2D eigenvalue weighted by atomic mass is 9.99. The van der Waals surface area contributed by atoms with Gasteiger partial charge in [0.05, 0.1) is 13.2 Å². The molecule has 0 aliphatic carbocycles. The summed E-state index contributed by atoms with van der Waals surface area (Å²) in [5.41, 5.74) is 4.85. The fourth-order valence-electron chi connectivity index (χ4n) is 3.73. The van der Waals surface area contributed by atoms with Crippen LogP contribution in [0.1, 0.15) is 34.7 Å². The second kappa shape index (κ2) is 9.77. The number of halogens is 1. The van der Waals surface area contributed by atoms with Gasteiger partial charge in [-0.25, -0.2) is 0 Å². The number of amides is 1. The Kier molecular flexibility index (Phi) is 7.69. The van der Waals surface area contributed by atoms with Crippen LogP contribution in [-0.4, -0.2) is 37.6 Å². The summed E-state index contributed by atoms with van der Waals surface area (Å²) < 4.78 is 5.52. The summed E-state index contributed by atoms with van der Waals surface area (Å²) >= 11 is 0. The van der Waals surface area contributed by atoms with E-state index in [9.17, 15) is 4.79 Å². The van der Waals surface area contributed by atoms with E-state index in [4.69, 9.17) is 4.74 Å². The van der Waals surface area contributed by atoms with Gasteiger partial charge in [-0.15, -0.1) is 12.4 Å². The van der Waals surface area contributed by atoms with Gasteiger partial charge in [-0.3, -0.25) is 4.79 Å². The van der Waals surface area contributed by atoms with E-state index in [-0.39, 0.29) is 24.4 Å². The van der Waals surface area contributed by atoms with E-state index in [1.807, 2.05) is 23.1 Å². The number of ether oxygens (including phenoxy) is 1. The molecule has 0 saturated carbocycles. The third-order valence-corrected chi connectivity index (χ3v) is 5.17. The van der Waals surface area contributed by atoms with Gasteiger partial charge in [0.1, 0.15) is 5.75 Å². The second-order valence-electron chi connectivity index (χ2n) is 6.98. The first-order chi connectivity index (χ1) is 12.6. The number of nitrogens with one attached hydrogen (secondary N) is 1. The summed E-state index contributed by atoms with van der Waals surface area (Å²) in [4.78, 5) is 15.0. The van der Waals surface area contributed by atoms with Crippen molar-refractivity contribution in [2.75, 3.05) is 26.7 Å². The van der Waals surface area contributed by atoms with Crippen LogP contribution in [0.15, 0.2) is 42.5 Å². The zero-order valence-electron chi connectivity index (χ0n) is 16.3. The number of aryl methyl sites for hydroxylation is 3. The van der Waals surface area contributed by atoms with E-state index in [1.165, 1.54) is 16.7 Å². The molecule has 0 aromatic heterocycles. The van der Waals surface area contributed by atoms with E-state index in [1.54, 1.807) is 7.11 Å². The lowest BCUT2D eigenvalue weighted by Crippen LogP contribution is -2.48. The number of carbonyl (C=O) groups excluding carboxylic acids is 1. The minimum atomic E-state index is 0. The molecule has 4 nitrogen and oxygen atoms in total. The first-order valence-corrected chi connectivity index (χ1v) is 9.29. The highest BCUT2D eigenvalue weighted by Gasteiger charge is 2.29. The monoisotopic (exact) mass is 388 g/mol. The van der Waals surface area contributed by atoms with Crippen LogP contribution in [0.4, 0.5) is 0 Å². The Morgan fingerprint density at radius 2 is 2.00 bits per heavy atom. The van der Waals surface area contributed by atoms with E-state index in [0.29, 0.717) is 6.42 Å². The number of methoxy groups -OCH3 is 1. The fraction of sp³-hybridized carbons (Fsp3) is 0.409. The van der Waals surface area contributed by atoms with Crippen molar-refractivity contribution in [2.24, 2.45) is 0 Å². The summed E-state index contributed by atoms with van der Waals surface area (Å²) in [6.45, 7) is 6.54. The summed E-state index contributed by atoms with van der Waals surface area (Å²) in [6.07, 6.45) is 1.32. The number of para-hydroxylation sites is 1. The molecule has 5 heteroatoms. The van der Waals surface area contributed by atoms with Crippen LogP contribution in [0.3, 0.4) is 0 Å². The molecule has 27 heavy (non-hydrogen) atoms. The van der Waals surface area contributed by atoms with Gasteiger partial charge in [0.2, 0.25) is 5.91 Å². The molecule has 0 bridgehead atoms. The van der Waals surface area contributed by atoms with Gasteiger partial charge < -0.3 is 15.0 Å². The molecular formula is C22H29ClN2O2. The third-order valence-electron chi connectivity index (χ3n) is 5.17. The van der Waals surface area contributed by atoms with E-state index in [2.05, 4.69) is 43.4 Å². The van der Waals surface area contributed by atoms with Crippen molar-refractivity contribution < 1.29 is 9.53 Å². The second-order valence-corrected chi connectivity index (χ2v) is 6.98. The molecule has 3 rings (SSSR count). The highest BCUT2D eigenvalue weighted by Crippen LogP contribution is 2.30. The van der Waals surface area contributed by atoms with Gasteiger partial charge in [-0.2, -0.15) is 0 Å². The lowest BCUT2D eigenvalue weighted by Gasteiger charge is -2.37. The highest BCUT2D eigenvalue weighted by molar-refractivity contribution is 5.85. The van der Waals surface area contributed by atoms with Crippen LogP contribution in [0, 0.1) is 13.8 Å². The molecule has 1 amide bonds. The Balaban J connectivity index is 0.00000261. The normalized spacial score (nSPS) is 16.6. The van der Waals surface area contributed by atoms with Crippen LogP contribution in [0.2, 0.25) is 0 Å². The van der Waals surface area contributed by atoms with Gasteiger partial charge in [0, 0.05) is 31.6 Å². The van der Waals surface area contributed by atoms with Crippen LogP contribution < -0.4 is 10.1 Å². The van der Waals surface area contributed by atoms with Crippen molar-refractivity contribution in [1.82, 2.24) is 10.2 Å². The van der Waals surface area contributed by atoms with Crippen molar-refractivity contribution >= 4 is 18.3 Å². The molecule has 1 heterocycles. The number of carbonyl (C=O) groups is 1. The molecule has 1 fully saturated rings. The quantitative estimate of drug-likeness (QED) is 0.846. The van der Waals surface area contributed by atoms with E-state index in [0.717, 1.165) is 37.4 Å². The van der Waals surface area contributed by atoms with Crippen molar-refractivity contribution in [3.8, 4) is 5.75 Å². The molecule has 1 aliphatic rings. The third kappa shape index (κ3) is 5.02. The molecular weight excluding hydrogens is 360 g/mol.